The summed E-state index contributed by atoms with van der Waals surface area (Å²) in [5, 5.41) is 9.00. The van der Waals surface area contributed by atoms with E-state index in [2.05, 4.69) is 0 Å². The average Bonchev–Trinajstić information content (AvgIpc) is 2.47. The van der Waals surface area contributed by atoms with E-state index in [1.54, 1.807) is 0 Å². The lowest BCUT2D eigenvalue weighted by Crippen LogP contribution is -2.53. The van der Waals surface area contributed by atoms with Gasteiger partial charge in [0, 0.05) is 6.42 Å². The molecule has 2 atom stereocenters. The van der Waals surface area contributed by atoms with Gasteiger partial charge in [0.1, 0.15) is 17.4 Å². The zero-order valence-electron chi connectivity index (χ0n) is 11.7. The Morgan fingerprint density at radius 2 is 2.15 bits per heavy atom. The molecule has 0 spiro atoms. The summed E-state index contributed by atoms with van der Waals surface area (Å²) in [6.07, 6.45) is 2.71. The van der Waals surface area contributed by atoms with Gasteiger partial charge < -0.3 is 20.3 Å². The van der Waals surface area contributed by atoms with Crippen molar-refractivity contribution in [2.45, 2.75) is 43.9 Å². The second-order valence-electron chi connectivity index (χ2n) is 5.29. The molecule has 110 valence electrons. The number of aliphatic hydroxyl groups is 1. The van der Waals surface area contributed by atoms with Crippen LogP contribution in [0, 0.1) is 0 Å². The van der Waals surface area contributed by atoms with Crippen molar-refractivity contribution in [3.8, 4) is 5.75 Å². The highest BCUT2D eigenvalue weighted by molar-refractivity contribution is 5.80. The Bertz CT molecular complexity index is 459. The fourth-order valence-corrected chi connectivity index (χ4v) is 2.61. The third kappa shape index (κ3) is 3.29. The maximum Gasteiger partial charge on any atom is 0.325 e. The molecule has 3 N–H and O–H groups in total. The van der Waals surface area contributed by atoms with E-state index in [1.807, 2.05) is 24.3 Å². The number of nitrogens with two attached hydrogens (primary N) is 1. The third-order valence-electron chi connectivity index (χ3n) is 3.74. The summed E-state index contributed by atoms with van der Waals surface area (Å²) >= 11 is 0. The molecule has 0 aliphatic heterocycles. The molecule has 2 unspecified atom stereocenters. The van der Waals surface area contributed by atoms with Crippen molar-refractivity contribution in [2.24, 2.45) is 5.73 Å². The Hall–Kier alpha value is -1.59. The predicted octanol–water partition coefficient (Wildman–Crippen LogP) is 1.37. The summed E-state index contributed by atoms with van der Waals surface area (Å²) < 4.78 is 10.6. The van der Waals surface area contributed by atoms with Crippen molar-refractivity contribution in [3.63, 3.8) is 0 Å². The van der Waals surface area contributed by atoms with Crippen molar-refractivity contribution in [3.05, 3.63) is 29.8 Å². The van der Waals surface area contributed by atoms with Crippen molar-refractivity contribution in [1.82, 2.24) is 0 Å². The van der Waals surface area contributed by atoms with Gasteiger partial charge in [-0.15, -0.1) is 0 Å². The highest BCUT2D eigenvalue weighted by Crippen LogP contribution is 2.30. The van der Waals surface area contributed by atoms with E-state index < -0.39 is 5.54 Å². The van der Waals surface area contributed by atoms with Gasteiger partial charge in [0.2, 0.25) is 0 Å². The fraction of sp³-hybridized carbons (Fsp3) is 0.533. The fourth-order valence-electron chi connectivity index (χ4n) is 2.61. The maximum absolute atomic E-state index is 11.7. The Morgan fingerprint density at radius 1 is 1.45 bits per heavy atom. The summed E-state index contributed by atoms with van der Waals surface area (Å²) in [5.74, 6) is 0.350. The van der Waals surface area contributed by atoms with Crippen LogP contribution in [0.15, 0.2) is 24.3 Å². The lowest BCUT2D eigenvalue weighted by Gasteiger charge is -2.35. The Kier molecular flexibility index (Phi) is 4.62. The van der Waals surface area contributed by atoms with Crippen LogP contribution in [-0.2, 0) is 16.1 Å². The minimum Gasteiger partial charge on any atom is -0.490 e. The number of methoxy groups -OCH3 is 1. The van der Waals surface area contributed by atoms with Gasteiger partial charge in [0.25, 0.3) is 0 Å². The van der Waals surface area contributed by atoms with Crippen molar-refractivity contribution in [2.75, 3.05) is 7.11 Å². The molecule has 1 aliphatic carbocycles. The molecule has 1 fully saturated rings. The number of rotatable bonds is 4. The number of hydrogen-bond acceptors (Lipinski definition) is 5. The highest BCUT2D eigenvalue weighted by Gasteiger charge is 2.41. The van der Waals surface area contributed by atoms with Gasteiger partial charge in [0.05, 0.1) is 13.7 Å². The van der Waals surface area contributed by atoms with Crippen LogP contribution in [0.1, 0.15) is 31.2 Å². The molecule has 0 amide bonds. The molecule has 20 heavy (non-hydrogen) atoms. The molecular formula is C15H21NO4. The molecule has 5 nitrogen and oxygen atoms in total. The number of carbonyl (C=O) groups is 1. The number of hydrogen-bond donors (Lipinski definition) is 2. The predicted molar refractivity (Wildman–Crippen MR) is 74.2 cm³/mol. The topological polar surface area (TPSA) is 81.8 Å². The van der Waals surface area contributed by atoms with Crippen LogP contribution in [0.3, 0.4) is 0 Å². The van der Waals surface area contributed by atoms with Gasteiger partial charge in [-0.2, -0.15) is 0 Å². The van der Waals surface area contributed by atoms with Crippen LogP contribution in [0.5, 0.6) is 5.75 Å². The first kappa shape index (κ1) is 14.8. The summed E-state index contributed by atoms with van der Waals surface area (Å²) in [7, 11) is 1.36. The Labute approximate surface area is 118 Å². The minimum absolute atomic E-state index is 0.0119. The van der Waals surface area contributed by atoms with Gasteiger partial charge in [0.15, 0.2) is 0 Å². The smallest absolute Gasteiger partial charge is 0.325 e. The summed E-state index contributed by atoms with van der Waals surface area (Å²) in [5.41, 5.74) is 6.01. The number of ether oxygens (including phenoxy) is 2. The zero-order chi connectivity index (χ0) is 14.6. The lowest BCUT2D eigenvalue weighted by atomic mass is 9.81. The van der Waals surface area contributed by atoms with E-state index in [-0.39, 0.29) is 18.7 Å². The molecule has 1 aromatic carbocycles. The SMILES string of the molecule is COC(=O)C1(N)CCCC(Oc2ccc(CO)cc2)C1. The van der Waals surface area contributed by atoms with Gasteiger partial charge in [-0.25, -0.2) is 0 Å². The van der Waals surface area contributed by atoms with Crippen molar-refractivity contribution < 1.29 is 19.4 Å². The first-order valence-corrected chi connectivity index (χ1v) is 6.81. The van der Waals surface area contributed by atoms with Crippen molar-refractivity contribution >= 4 is 5.97 Å². The lowest BCUT2D eigenvalue weighted by molar-refractivity contribution is -0.149. The molecule has 5 heteroatoms. The number of aliphatic hydroxyl groups excluding tert-OH is 1. The van der Waals surface area contributed by atoms with Crippen LogP contribution in [0.25, 0.3) is 0 Å². The van der Waals surface area contributed by atoms with E-state index >= 15 is 0 Å². The number of esters is 1. The zero-order valence-corrected chi connectivity index (χ0v) is 11.7. The molecule has 0 radical (unpaired) electrons. The van der Waals surface area contributed by atoms with Gasteiger partial charge >= 0.3 is 5.97 Å². The van der Waals surface area contributed by atoms with E-state index in [0.29, 0.717) is 12.8 Å². The summed E-state index contributed by atoms with van der Waals surface area (Å²) in [6.45, 7) is 0.0119. The number of carbonyl (C=O) groups excluding carboxylic acids is 1. The summed E-state index contributed by atoms with van der Waals surface area (Å²) in [6, 6.07) is 7.26. The quantitative estimate of drug-likeness (QED) is 0.813. The Morgan fingerprint density at radius 3 is 2.75 bits per heavy atom. The summed E-state index contributed by atoms with van der Waals surface area (Å²) in [4.78, 5) is 11.7. The highest BCUT2D eigenvalue weighted by atomic mass is 16.5. The van der Waals surface area contributed by atoms with Gasteiger partial charge in [-0.3, -0.25) is 4.79 Å². The van der Waals surface area contributed by atoms with E-state index in [0.717, 1.165) is 24.2 Å². The maximum atomic E-state index is 11.7. The molecular weight excluding hydrogens is 258 g/mol. The van der Waals surface area contributed by atoms with Crippen LogP contribution in [-0.4, -0.2) is 29.8 Å². The monoisotopic (exact) mass is 279 g/mol. The molecule has 1 saturated carbocycles. The number of benzene rings is 1. The second-order valence-corrected chi connectivity index (χ2v) is 5.29. The molecule has 0 heterocycles. The van der Waals surface area contributed by atoms with E-state index in [9.17, 15) is 4.79 Å². The molecule has 2 rings (SSSR count). The minimum atomic E-state index is -0.942. The largest absolute Gasteiger partial charge is 0.490 e. The van der Waals surface area contributed by atoms with E-state index in [1.165, 1.54) is 7.11 Å². The van der Waals surface area contributed by atoms with Crippen LogP contribution >= 0.6 is 0 Å². The first-order chi connectivity index (χ1) is 9.57. The molecule has 1 aromatic rings. The van der Waals surface area contributed by atoms with Crippen molar-refractivity contribution in [1.29, 1.82) is 0 Å². The van der Waals surface area contributed by atoms with Crippen LogP contribution < -0.4 is 10.5 Å². The van der Waals surface area contributed by atoms with Crippen LogP contribution in [0.4, 0.5) is 0 Å². The molecule has 0 aromatic heterocycles. The van der Waals surface area contributed by atoms with E-state index in [4.69, 9.17) is 20.3 Å². The van der Waals surface area contributed by atoms with Gasteiger partial charge in [-0.1, -0.05) is 12.1 Å². The standard InChI is InChI=1S/C15H21NO4/c1-19-14(18)15(16)8-2-3-13(9-15)20-12-6-4-11(10-17)5-7-12/h4-7,13,17H,2-3,8-10,16H2,1H3. The van der Waals surface area contributed by atoms with Crippen LogP contribution in [0.2, 0.25) is 0 Å². The molecule has 0 bridgehead atoms. The normalized spacial score (nSPS) is 26.1. The Balaban J connectivity index is 2.00. The average molecular weight is 279 g/mol. The molecule has 1 aliphatic rings. The third-order valence-corrected chi connectivity index (χ3v) is 3.74. The van der Waals surface area contributed by atoms with Gasteiger partial charge in [-0.05, 0) is 37.0 Å². The molecule has 0 saturated heterocycles. The first-order valence-electron chi connectivity index (χ1n) is 6.81. The second kappa shape index (κ2) is 6.24.